The van der Waals surface area contributed by atoms with E-state index in [1.807, 2.05) is 30.3 Å². The van der Waals surface area contributed by atoms with Gasteiger partial charge in [-0.25, -0.2) is 15.0 Å². The summed E-state index contributed by atoms with van der Waals surface area (Å²) in [6, 6.07) is 36.8. The fourth-order valence-electron chi connectivity index (χ4n) is 6.09. The summed E-state index contributed by atoms with van der Waals surface area (Å²) in [7, 11) is 0. The molecule has 45 heavy (non-hydrogen) atoms. The molecule has 5 aromatic rings. The molecular formula is C42H37N3. The number of nitrogens with zero attached hydrogens (tertiary/aromatic N) is 3. The van der Waals surface area contributed by atoms with Crippen LogP contribution in [0.2, 0.25) is 0 Å². The Kier molecular flexibility index (Phi) is 7.92. The summed E-state index contributed by atoms with van der Waals surface area (Å²) in [5.41, 5.74) is 10.4. The first kappa shape index (κ1) is 28.6. The first-order valence-electron chi connectivity index (χ1n) is 15.9. The van der Waals surface area contributed by atoms with Crippen LogP contribution < -0.4 is 0 Å². The minimum absolute atomic E-state index is 0.169. The average Bonchev–Trinajstić information content (AvgIpc) is 3.13. The Labute approximate surface area is 266 Å². The Morgan fingerprint density at radius 3 is 1.40 bits per heavy atom. The molecule has 1 aromatic heterocycles. The number of rotatable bonds is 7. The summed E-state index contributed by atoms with van der Waals surface area (Å²) in [6.07, 6.45) is 17.7. The van der Waals surface area contributed by atoms with Crippen molar-refractivity contribution in [3.05, 3.63) is 162 Å². The Balaban J connectivity index is 1.14. The summed E-state index contributed by atoms with van der Waals surface area (Å²) in [6.45, 7) is 4.57. The molecule has 0 saturated heterocycles. The lowest BCUT2D eigenvalue weighted by molar-refractivity contribution is 0.641. The topological polar surface area (TPSA) is 38.7 Å². The Morgan fingerprint density at radius 2 is 0.867 bits per heavy atom. The first-order chi connectivity index (χ1) is 22.0. The van der Waals surface area contributed by atoms with Crippen molar-refractivity contribution >= 4 is 11.1 Å². The van der Waals surface area contributed by atoms with Crippen molar-refractivity contribution < 1.29 is 0 Å². The summed E-state index contributed by atoms with van der Waals surface area (Å²) in [4.78, 5) is 14.7. The summed E-state index contributed by atoms with van der Waals surface area (Å²) in [5, 5.41) is 0. The van der Waals surface area contributed by atoms with Gasteiger partial charge in [0.1, 0.15) is 0 Å². The SMILES string of the molecule is CC(C)(c1ccc(-c2ccc(C3=CCCC=C3)cc2)cc1)c1ccc(-c2nc(C3=CCCC=C3)nc(-c3ccccc3)n2)cc1. The fourth-order valence-corrected chi connectivity index (χ4v) is 6.09. The molecule has 0 amide bonds. The molecule has 0 atom stereocenters. The van der Waals surface area contributed by atoms with Gasteiger partial charge in [-0.15, -0.1) is 0 Å². The van der Waals surface area contributed by atoms with Gasteiger partial charge in [0.05, 0.1) is 0 Å². The average molecular weight is 584 g/mol. The Hall–Kier alpha value is -5.15. The predicted octanol–water partition coefficient (Wildman–Crippen LogP) is 10.7. The van der Waals surface area contributed by atoms with E-state index < -0.39 is 0 Å². The molecule has 7 rings (SSSR count). The van der Waals surface area contributed by atoms with E-state index in [0.29, 0.717) is 11.6 Å². The van der Waals surface area contributed by atoms with Crippen LogP contribution in [0.15, 0.2) is 140 Å². The lowest BCUT2D eigenvalue weighted by Gasteiger charge is -2.26. The quantitative estimate of drug-likeness (QED) is 0.191. The van der Waals surface area contributed by atoms with Gasteiger partial charge in [-0.2, -0.15) is 0 Å². The highest BCUT2D eigenvalue weighted by Crippen LogP contribution is 2.35. The van der Waals surface area contributed by atoms with Crippen molar-refractivity contribution in [2.24, 2.45) is 0 Å². The third-order valence-corrected chi connectivity index (χ3v) is 8.94. The highest BCUT2D eigenvalue weighted by atomic mass is 15.0. The van der Waals surface area contributed by atoms with Crippen LogP contribution in [0.4, 0.5) is 0 Å². The van der Waals surface area contributed by atoms with Gasteiger partial charge in [0.25, 0.3) is 0 Å². The normalized spacial score (nSPS) is 14.6. The number of aromatic nitrogens is 3. The molecule has 0 spiro atoms. The standard InChI is InChI=1S/C42H37N3/c1-42(2,37-26-22-33(23-27-37)32-20-18-31(19-21-32)30-12-6-3-7-13-30)38-28-24-36(25-29-38)41-44-39(34-14-8-4-9-15-34)43-40(45-41)35-16-10-5-11-17-35/h4,6,8-10,12-29H,3,5,7,11H2,1-2H3. The van der Waals surface area contributed by atoms with Gasteiger partial charge in [-0.3, -0.25) is 0 Å². The maximum Gasteiger partial charge on any atom is 0.164 e. The van der Waals surface area contributed by atoms with Crippen LogP contribution in [-0.2, 0) is 5.41 Å². The molecule has 2 aliphatic rings. The molecule has 1 heterocycles. The lowest BCUT2D eigenvalue weighted by atomic mass is 9.77. The van der Waals surface area contributed by atoms with Gasteiger partial charge in [-0.1, -0.05) is 153 Å². The van der Waals surface area contributed by atoms with Crippen LogP contribution in [0.1, 0.15) is 62.0 Å². The molecule has 0 N–H and O–H groups in total. The highest BCUT2D eigenvalue weighted by Gasteiger charge is 2.23. The first-order valence-corrected chi connectivity index (χ1v) is 15.9. The molecule has 0 fully saturated rings. The fraction of sp³-hybridized carbons (Fsp3) is 0.167. The van der Waals surface area contributed by atoms with E-state index in [1.165, 1.54) is 33.4 Å². The zero-order chi connectivity index (χ0) is 30.6. The van der Waals surface area contributed by atoms with Crippen molar-refractivity contribution in [2.45, 2.75) is 44.9 Å². The molecule has 0 radical (unpaired) electrons. The maximum absolute atomic E-state index is 4.93. The van der Waals surface area contributed by atoms with Gasteiger partial charge >= 0.3 is 0 Å². The zero-order valence-corrected chi connectivity index (χ0v) is 25.9. The van der Waals surface area contributed by atoms with E-state index in [4.69, 9.17) is 15.0 Å². The molecule has 2 aliphatic carbocycles. The van der Waals surface area contributed by atoms with Crippen LogP contribution in [-0.4, -0.2) is 15.0 Å². The maximum atomic E-state index is 4.93. The Bertz CT molecular complexity index is 1920. The van der Waals surface area contributed by atoms with Gasteiger partial charge in [0.2, 0.25) is 0 Å². The third kappa shape index (κ3) is 6.12. The van der Waals surface area contributed by atoms with Gasteiger partial charge in [0, 0.05) is 22.1 Å². The third-order valence-electron chi connectivity index (χ3n) is 8.94. The van der Waals surface area contributed by atoms with E-state index in [-0.39, 0.29) is 5.41 Å². The van der Waals surface area contributed by atoms with Crippen LogP contribution >= 0.6 is 0 Å². The molecule has 3 heteroatoms. The van der Waals surface area contributed by atoms with E-state index in [0.717, 1.165) is 48.2 Å². The monoisotopic (exact) mass is 583 g/mol. The summed E-state index contributed by atoms with van der Waals surface area (Å²) < 4.78 is 0. The number of benzene rings is 4. The summed E-state index contributed by atoms with van der Waals surface area (Å²) in [5.74, 6) is 2.10. The van der Waals surface area contributed by atoms with Crippen molar-refractivity contribution in [2.75, 3.05) is 0 Å². The molecule has 0 unspecified atom stereocenters. The molecule has 4 aromatic carbocycles. The number of allylic oxidation sites excluding steroid dienone is 8. The van der Waals surface area contributed by atoms with Crippen LogP contribution in [0.3, 0.4) is 0 Å². The minimum atomic E-state index is -0.169. The molecule has 0 bridgehead atoms. The second-order valence-electron chi connectivity index (χ2n) is 12.3. The largest absolute Gasteiger partial charge is 0.208 e. The van der Waals surface area contributed by atoms with Gasteiger partial charge in [-0.05, 0) is 59.1 Å². The van der Waals surface area contributed by atoms with E-state index in [1.54, 1.807) is 0 Å². The lowest BCUT2D eigenvalue weighted by Crippen LogP contribution is -2.18. The van der Waals surface area contributed by atoms with Crippen molar-refractivity contribution in [1.29, 1.82) is 0 Å². The van der Waals surface area contributed by atoms with Crippen LogP contribution in [0.5, 0.6) is 0 Å². The van der Waals surface area contributed by atoms with Crippen LogP contribution in [0, 0.1) is 0 Å². The highest BCUT2D eigenvalue weighted by molar-refractivity contribution is 5.77. The second-order valence-corrected chi connectivity index (χ2v) is 12.3. The predicted molar refractivity (Wildman–Crippen MR) is 187 cm³/mol. The zero-order valence-electron chi connectivity index (χ0n) is 25.9. The van der Waals surface area contributed by atoms with E-state index in [9.17, 15) is 0 Å². The van der Waals surface area contributed by atoms with Crippen LogP contribution in [0.25, 0.3) is 45.0 Å². The molecular weight excluding hydrogens is 546 g/mol. The molecule has 3 nitrogen and oxygen atoms in total. The van der Waals surface area contributed by atoms with Crippen molar-refractivity contribution in [3.63, 3.8) is 0 Å². The van der Waals surface area contributed by atoms with E-state index >= 15 is 0 Å². The second kappa shape index (κ2) is 12.5. The molecule has 0 saturated carbocycles. The van der Waals surface area contributed by atoms with E-state index in [2.05, 4.69) is 123 Å². The number of hydrogen-bond acceptors (Lipinski definition) is 3. The van der Waals surface area contributed by atoms with Crippen molar-refractivity contribution in [1.82, 2.24) is 15.0 Å². The van der Waals surface area contributed by atoms with Gasteiger partial charge < -0.3 is 0 Å². The Morgan fingerprint density at radius 1 is 0.422 bits per heavy atom. The molecule has 0 aliphatic heterocycles. The number of hydrogen-bond donors (Lipinski definition) is 0. The summed E-state index contributed by atoms with van der Waals surface area (Å²) >= 11 is 0. The smallest absolute Gasteiger partial charge is 0.164 e. The molecule has 220 valence electrons. The van der Waals surface area contributed by atoms with Gasteiger partial charge in [0.15, 0.2) is 17.5 Å². The van der Waals surface area contributed by atoms with Crippen molar-refractivity contribution in [3.8, 4) is 33.9 Å². The minimum Gasteiger partial charge on any atom is -0.208 e.